The number of hydrogen-bond donors (Lipinski definition) is 0. The minimum Gasteiger partial charge on any atom is -0.461 e. The fraction of sp³-hybridized carbons (Fsp3) is 0.278. The van der Waals surface area contributed by atoms with Crippen LogP contribution in [-0.2, 0) is 6.54 Å². The van der Waals surface area contributed by atoms with Gasteiger partial charge in [0.2, 0.25) is 0 Å². The van der Waals surface area contributed by atoms with Crippen LogP contribution in [0.15, 0.2) is 52.2 Å². The Balaban J connectivity index is 1.54. The third-order valence-electron chi connectivity index (χ3n) is 3.72. The van der Waals surface area contributed by atoms with Gasteiger partial charge >= 0.3 is 0 Å². The van der Waals surface area contributed by atoms with Gasteiger partial charge in [-0.15, -0.1) is 10.2 Å². The van der Waals surface area contributed by atoms with Crippen LogP contribution in [-0.4, -0.2) is 26.3 Å². The summed E-state index contributed by atoms with van der Waals surface area (Å²) in [6.45, 7) is 2.76. The van der Waals surface area contributed by atoms with Gasteiger partial charge in [-0.25, -0.2) is 4.39 Å². The van der Waals surface area contributed by atoms with E-state index < -0.39 is 0 Å². The number of nitrogens with zero attached hydrogens (tertiary/aromatic N) is 3. The van der Waals surface area contributed by atoms with Crippen LogP contribution in [0.1, 0.15) is 30.1 Å². The highest BCUT2D eigenvalue weighted by Crippen LogP contribution is 2.25. The van der Waals surface area contributed by atoms with Gasteiger partial charge in [-0.3, -0.25) is 9.36 Å². The highest BCUT2D eigenvalue weighted by Gasteiger charge is 2.15. The molecule has 0 atom stereocenters. The summed E-state index contributed by atoms with van der Waals surface area (Å²) < 4.78 is 20.3. The van der Waals surface area contributed by atoms with Crippen LogP contribution in [0.25, 0.3) is 11.6 Å². The highest BCUT2D eigenvalue weighted by atomic mass is 32.2. The lowest BCUT2D eigenvalue weighted by molar-refractivity contribution is 0.0982. The van der Waals surface area contributed by atoms with Crippen molar-refractivity contribution in [1.29, 1.82) is 0 Å². The number of aromatic nitrogens is 3. The molecule has 0 N–H and O–H groups in total. The van der Waals surface area contributed by atoms with Gasteiger partial charge < -0.3 is 4.42 Å². The summed E-state index contributed by atoms with van der Waals surface area (Å²) in [6.07, 6.45) is 2.75. The molecule has 0 bridgehead atoms. The monoisotopic (exact) mass is 359 g/mol. The summed E-state index contributed by atoms with van der Waals surface area (Å²) in [5.41, 5.74) is 0.545. The third kappa shape index (κ3) is 4.17. The second-order valence-electron chi connectivity index (χ2n) is 5.41. The molecule has 0 spiro atoms. The van der Waals surface area contributed by atoms with Crippen molar-refractivity contribution in [3.05, 3.63) is 54.0 Å². The van der Waals surface area contributed by atoms with Crippen molar-refractivity contribution in [3.8, 4) is 11.6 Å². The van der Waals surface area contributed by atoms with Crippen LogP contribution in [0.5, 0.6) is 0 Å². The van der Waals surface area contributed by atoms with E-state index in [0.29, 0.717) is 30.0 Å². The van der Waals surface area contributed by atoms with Gasteiger partial charge in [0.15, 0.2) is 22.5 Å². The van der Waals surface area contributed by atoms with Crippen LogP contribution in [0.4, 0.5) is 4.39 Å². The van der Waals surface area contributed by atoms with Crippen LogP contribution in [0.2, 0.25) is 0 Å². The Bertz CT molecular complexity index is 829. The van der Waals surface area contributed by atoms with Crippen LogP contribution >= 0.6 is 11.8 Å². The molecule has 0 saturated carbocycles. The van der Waals surface area contributed by atoms with Crippen molar-refractivity contribution < 1.29 is 13.6 Å². The second kappa shape index (κ2) is 8.11. The molecule has 0 amide bonds. The molecule has 2 heterocycles. The number of hydrogen-bond acceptors (Lipinski definition) is 5. The maximum absolute atomic E-state index is 12.9. The molecule has 0 aliphatic rings. The summed E-state index contributed by atoms with van der Waals surface area (Å²) in [7, 11) is 0. The molecule has 7 heteroatoms. The highest BCUT2D eigenvalue weighted by molar-refractivity contribution is 7.99. The Labute approximate surface area is 149 Å². The fourth-order valence-electron chi connectivity index (χ4n) is 2.44. The lowest BCUT2D eigenvalue weighted by atomic mass is 10.1. The first-order chi connectivity index (χ1) is 12.2. The number of halogens is 1. The van der Waals surface area contributed by atoms with Crippen molar-refractivity contribution in [2.75, 3.05) is 5.75 Å². The predicted molar refractivity (Wildman–Crippen MR) is 94.1 cm³/mol. The van der Waals surface area contributed by atoms with E-state index in [-0.39, 0.29) is 11.6 Å². The van der Waals surface area contributed by atoms with E-state index in [1.54, 1.807) is 18.0 Å². The van der Waals surface area contributed by atoms with Crippen molar-refractivity contribution in [1.82, 2.24) is 14.8 Å². The average molecular weight is 359 g/mol. The van der Waals surface area contributed by atoms with Crippen LogP contribution in [0, 0.1) is 5.82 Å². The summed E-state index contributed by atoms with van der Waals surface area (Å²) in [4.78, 5) is 12.1. The Hall–Kier alpha value is -2.41. The summed E-state index contributed by atoms with van der Waals surface area (Å²) in [5.74, 6) is 1.83. The molecular formula is C18H18FN3O2S. The molecule has 130 valence electrons. The van der Waals surface area contributed by atoms with Crippen LogP contribution < -0.4 is 0 Å². The van der Waals surface area contributed by atoms with E-state index in [0.717, 1.165) is 17.5 Å². The number of benzene rings is 1. The van der Waals surface area contributed by atoms with Gasteiger partial charge in [0.1, 0.15) is 5.82 Å². The molecule has 0 saturated heterocycles. The predicted octanol–water partition coefficient (Wildman–Crippen LogP) is 4.45. The normalized spacial score (nSPS) is 11.0. The molecule has 5 nitrogen and oxygen atoms in total. The maximum atomic E-state index is 12.9. The molecule has 3 rings (SSSR count). The van der Waals surface area contributed by atoms with Gasteiger partial charge in [0.25, 0.3) is 0 Å². The van der Waals surface area contributed by atoms with Gasteiger partial charge in [-0.1, -0.05) is 11.8 Å². The zero-order chi connectivity index (χ0) is 17.6. The van der Waals surface area contributed by atoms with Crippen molar-refractivity contribution >= 4 is 17.5 Å². The molecule has 2 aromatic heterocycles. The quantitative estimate of drug-likeness (QED) is 0.338. The number of Topliss-reactive ketones (excluding diaryl/α,β-unsaturated/α-hetero) is 1. The standard InChI is InChI=1S/C18H18FN3O2S/c1-2-22-17(16-6-3-11-24-16)20-21-18(22)25-12-4-5-15(23)13-7-9-14(19)10-8-13/h3,6-11H,2,4-5,12H2,1H3. The number of carbonyl (C=O) groups excluding carboxylic acids is 1. The number of ketones is 1. The lowest BCUT2D eigenvalue weighted by Gasteiger charge is -2.05. The molecule has 0 aliphatic heterocycles. The molecule has 0 radical (unpaired) electrons. The smallest absolute Gasteiger partial charge is 0.200 e. The van der Waals surface area contributed by atoms with Gasteiger partial charge in [0, 0.05) is 24.3 Å². The molecular weight excluding hydrogens is 341 g/mol. The van der Waals surface area contributed by atoms with Crippen LogP contribution in [0.3, 0.4) is 0 Å². The first-order valence-electron chi connectivity index (χ1n) is 8.07. The largest absolute Gasteiger partial charge is 0.461 e. The first-order valence-corrected chi connectivity index (χ1v) is 9.06. The maximum Gasteiger partial charge on any atom is 0.200 e. The minimum atomic E-state index is -0.335. The Morgan fingerprint density at radius 3 is 2.72 bits per heavy atom. The van der Waals surface area contributed by atoms with E-state index in [1.807, 2.05) is 23.6 Å². The zero-order valence-corrected chi connectivity index (χ0v) is 14.6. The lowest BCUT2D eigenvalue weighted by Crippen LogP contribution is -2.01. The topological polar surface area (TPSA) is 60.9 Å². The van der Waals surface area contributed by atoms with Gasteiger partial charge in [-0.2, -0.15) is 0 Å². The van der Waals surface area contributed by atoms with E-state index in [1.165, 1.54) is 24.3 Å². The first kappa shape index (κ1) is 17.4. The molecule has 3 aromatic rings. The number of furan rings is 1. The number of rotatable bonds is 8. The molecule has 25 heavy (non-hydrogen) atoms. The number of thioether (sulfide) groups is 1. The van der Waals surface area contributed by atoms with E-state index in [4.69, 9.17) is 4.42 Å². The second-order valence-corrected chi connectivity index (χ2v) is 6.47. The summed E-state index contributed by atoms with van der Waals surface area (Å²) in [5, 5.41) is 9.22. The number of carbonyl (C=O) groups is 1. The fourth-order valence-corrected chi connectivity index (χ4v) is 3.39. The summed E-state index contributed by atoms with van der Waals surface area (Å²) in [6, 6.07) is 9.33. The summed E-state index contributed by atoms with van der Waals surface area (Å²) >= 11 is 1.56. The zero-order valence-electron chi connectivity index (χ0n) is 13.8. The van der Waals surface area contributed by atoms with Gasteiger partial charge in [0.05, 0.1) is 6.26 Å². The average Bonchev–Trinajstić information content (AvgIpc) is 3.28. The molecule has 0 unspecified atom stereocenters. The van der Waals surface area contributed by atoms with E-state index in [2.05, 4.69) is 10.2 Å². The van der Waals surface area contributed by atoms with Crippen molar-refractivity contribution in [2.24, 2.45) is 0 Å². The van der Waals surface area contributed by atoms with E-state index >= 15 is 0 Å². The Kier molecular flexibility index (Phi) is 5.65. The SMILES string of the molecule is CCn1c(SCCCC(=O)c2ccc(F)cc2)nnc1-c1ccco1. The van der Waals surface area contributed by atoms with E-state index in [9.17, 15) is 9.18 Å². The Morgan fingerprint density at radius 1 is 1.24 bits per heavy atom. The van der Waals surface area contributed by atoms with Crippen molar-refractivity contribution in [2.45, 2.75) is 31.5 Å². The molecule has 1 aromatic carbocycles. The molecule has 0 aliphatic carbocycles. The van der Waals surface area contributed by atoms with Crippen molar-refractivity contribution in [3.63, 3.8) is 0 Å². The van der Waals surface area contributed by atoms with Gasteiger partial charge in [-0.05, 0) is 49.7 Å². The molecule has 0 fully saturated rings. The minimum absolute atomic E-state index is 0.0221. The third-order valence-corrected chi connectivity index (χ3v) is 4.77. The Morgan fingerprint density at radius 2 is 2.04 bits per heavy atom.